The maximum Gasteiger partial charge on any atom is 0.254 e. The minimum atomic E-state index is -0.345. The van der Waals surface area contributed by atoms with Crippen molar-refractivity contribution in [1.82, 2.24) is 9.55 Å². The Hall–Kier alpha value is -3.81. The first-order chi connectivity index (χ1) is 15.0. The van der Waals surface area contributed by atoms with E-state index >= 15 is 0 Å². The van der Waals surface area contributed by atoms with E-state index in [0.717, 1.165) is 5.75 Å². The number of anilines is 1. The average Bonchev–Trinajstić information content (AvgIpc) is 2.76. The summed E-state index contributed by atoms with van der Waals surface area (Å²) in [5.41, 5.74) is 0.849. The summed E-state index contributed by atoms with van der Waals surface area (Å²) < 4.78 is 17.6. The summed E-state index contributed by atoms with van der Waals surface area (Å²) in [5, 5.41) is 2.78. The Morgan fingerprint density at radius 1 is 1.00 bits per heavy atom. The highest BCUT2D eigenvalue weighted by atomic mass is 16.5. The zero-order chi connectivity index (χ0) is 22.2. The van der Waals surface area contributed by atoms with E-state index in [1.165, 1.54) is 10.6 Å². The van der Waals surface area contributed by atoms with Crippen LogP contribution in [0, 0.1) is 6.92 Å². The van der Waals surface area contributed by atoms with Gasteiger partial charge in [-0.3, -0.25) is 14.2 Å². The van der Waals surface area contributed by atoms with Crippen LogP contribution in [0.5, 0.6) is 17.2 Å². The molecule has 0 saturated carbocycles. The van der Waals surface area contributed by atoms with Gasteiger partial charge in [-0.1, -0.05) is 0 Å². The summed E-state index contributed by atoms with van der Waals surface area (Å²) in [6.07, 6.45) is 0. The molecule has 8 nitrogen and oxygen atoms in total. The molecule has 0 fully saturated rings. The van der Waals surface area contributed by atoms with Crippen molar-refractivity contribution in [2.45, 2.75) is 27.0 Å². The van der Waals surface area contributed by atoms with E-state index in [-0.39, 0.29) is 24.6 Å². The average molecular weight is 423 g/mol. The van der Waals surface area contributed by atoms with Crippen LogP contribution in [0.1, 0.15) is 18.4 Å². The Bertz CT molecular complexity index is 1080. The fourth-order valence-corrected chi connectivity index (χ4v) is 2.92. The molecule has 0 bridgehead atoms. The van der Waals surface area contributed by atoms with Crippen LogP contribution in [0.2, 0.25) is 0 Å². The first-order valence-corrected chi connectivity index (χ1v) is 9.85. The second-order valence-electron chi connectivity index (χ2n) is 6.71. The van der Waals surface area contributed by atoms with Gasteiger partial charge in [-0.05, 0) is 62.4 Å². The molecule has 0 saturated heterocycles. The molecule has 162 valence electrons. The fraction of sp³-hybridized carbons (Fsp3) is 0.261. The molecule has 0 aliphatic heterocycles. The maximum absolute atomic E-state index is 12.5. The number of carbonyl (C=O) groups is 1. The summed E-state index contributed by atoms with van der Waals surface area (Å²) >= 11 is 0. The second kappa shape index (κ2) is 10.3. The zero-order valence-electron chi connectivity index (χ0n) is 17.8. The lowest BCUT2D eigenvalue weighted by molar-refractivity contribution is -0.116. The van der Waals surface area contributed by atoms with E-state index < -0.39 is 0 Å². The number of hydrogen-bond donors (Lipinski definition) is 1. The van der Waals surface area contributed by atoms with Crippen LogP contribution in [0.4, 0.5) is 5.69 Å². The van der Waals surface area contributed by atoms with E-state index in [9.17, 15) is 9.59 Å². The molecule has 1 aromatic heterocycles. The van der Waals surface area contributed by atoms with Gasteiger partial charge >= 0.3 is 0 Å². The van der Waals surface area contributed by atoms with Crippen molar-refractivity contribution < 1.29 is 19.0 Å². The van der Waals surface area contributed by atoms with Crippen LogP contribution in [0.3, 0.4) is 0 Å². The van der Waals surface area contributed by atoms with Crippen LogP contribution in [-0.2, 0) is 17.9 Å². The Kier molecular flexibility index (Phi) is 7.26. The minimum Gasteiger partial charge on any atom is -0.497 e. The number of aromatic nitrogens is 2. The first kappa shape index (κ1) is 21.9. The van der Waals surface area contributed by atoms with Gasteiger partial charge < -0.3 is 19.5 Å². The summed E-state index contributed by atoms with van der Waals surface area (Å²) in [6, 6.07) is 15.5. The Balaban J connectivity index is 1.70. The van der Waals surface area contributed by atoms with Crippen molar-refractivity contribution in [3.8, 4) is 17.2 Å². The number of nitrogens with one attached hydrogen (secondary N) is 1. The fourth-order valence-electron chi connectivity index (χ4n) is 2.92. The Morgan fingerprint density at radius 3 is 2.26 bits per heavy atom. The van der Waals surface area contributed by atoms with E-state index in [0.29, 0.717) is 35.3 Å². The monoisotopic (exact) mass is 423 g/mol. The van der Waals surface area contributed by atoms with Crippen LogP contribution in [0.25, 0.3) is 0 Å². The lowest BCUT2D eigenvalue weighted by Gasteiger charge is -2.14. The lowest BCUT2D eigenvalue weighted by Crippen LogP contribution is -2.31. The van der Waals surface area contributed by atoms with Crippen LogP contribution in [0.15, 0.2) is 59.4 Å². The minimum absolute atomic E-state index is 0.0413. The second-order valence-corrected chi connectivity index (χ2v) is 6.71. The molecule has 3 aromatic rings. The summed E-state index contributed by atoms with van der Waals surface area (Å²) in [6.45, 7) is 4.05. The predicted octanol–water partition coefficient (Wildman–Crippen LogP) is 3.18. The number of amides is 1. The quantitative estimate of drug-likeness (QED) is 0.568. The molecule has 0 spiro atoms. The third kappa shape index (κ3) is 6.08. The molecule has 1 heterocycles. The van der Waals surface area contributed by atoms with Crippen molar-refractivity contribution in [3.63, 3.8) is 0 Å². The summed E-state index contributed by atoms with van der Waals surface area (Å²) in [7, 11) is 1.59. The van der Waals surface area contributed by atoms with Gasteiger partial charge in [-0.15, -0.1) is 0 Å². The molecule has 0 radical (unpaired) electrons. The third-order valence-corrected chi connectivity index (χ3v) is 4.39. The number of rotatable bonds is 9. The van der Waals surface area contributed by atoms with E-state index in [1.54, 1.807) is 62.6 Å². The largest absolute Gasteiger partial charge is 0.497 e. The molecule has 1 amide bonds. The predicted molar refractivity (Wildman–Crippen MR) is 117 cm³/mol. The van der Waals surface area contributed by atoms with Gasteiger partial charge in [-0.2, -0.15) is 0 Å². The highest BCUT2D eigenvalue weighted by molar-refractivity contribution is 5.90. The molecule has 0 aliphatic carbocycles. The van der Waals surface area contributed by atoms with Crippen molar-refractivity contribution in [1.29, 1.82) is 0 Å². The normalized spacial score (nSPS) is 10.4. The molecule has 0 aliphatic rings. The van der Waals surface area contributed by atoms with Gasteiger partial charge in [0.15, 0.2) is 0 Å². The van der Waals surface area contributed by atoms with Gasteiger partial charge in [0.2, 0.25) is 5.91 Å². The SMILES string of the molecule is CCOc1ccc(NC(=O)Cn2c(COc3ccc(OC)cc3)nc(C)cc2=O)cc1. The van der Waals surface area contributed by atoms with Gasteiger partial charge in [-0.25, -0.2) is 4.98 Å². The number of methoxy groups -OCH3 is 1. The number of nitrogens with zero attached hydrogens (tertiary/aromatic N) is 2. The topological polar surface area (TPSA) is 91.7 Å². The molecule has 8 heteroatoms. The molecular formula is C23H25N3O5. The van der Waals surface area contributed by atoms with Crippen molar-refractivity contribution in [3.05, 3.63) is 76.5 Å². The number of aryl methyl sites for hydroxylation is 1. The van der Waals surface area contributed by atoms with Crippen molar-refractivity contribution in [2.24, 2.45) is 0 Å². The number of hydrogen-bond acceptors (Lipinski definition) is 6. The van der Waals surface area contributed by atoms with Crippen LogP contribution >= 0.6 is 0 Å². The number of ether oxygens (including phenoxy) is 3. The first-order valence-electron chi connectivity index (χ1n) is 9.85. The summed E-state index contributed by atoms with van der Waals surface area (Å²) in [4.78, 5) is 29.4. The van der Waals surface area contributed by atoms with Gasteiger partial charge in [0.1, 0.15) is 36.2 Å². The highest BCUT2D eigenvalue weighted by Gasteiger charge is 2.13. The lowest BCUT2D eigenvalue weighted by atomic mass is 10.3. The molecule has 0 unspecified atom stereocenters. The van der Waals surface area contributed by atoms with Gasteiger partial charge in [0.25, 0.3) is 5.56 Å². The molecule has 0 atom stereocenters. The zero-order valence-corrected chi connectivity index (χ0v) is 17.8. The number of carbonyl (C=O) groups excluding carboxylic acids is 1. The number of benzene rings is 2. The van der Waals surface area contributed by atoms with Crippen LogP contribution in [-0.4, -0.2) is 29.2 Å². The highest BCUT2D eigenvalue weighted by Crippen LogP contribution is 2.18. The molecular weight excluding hydrogens is 398 g/mol. The van der Waals surface area contributed by atoms with E-state index in [2.05, 4.69) is 10.3 Å². The van der Waals surface area contributed by atoms with Crippen molar-refractivity contribution in [2.75, 3.05) is 19.0 Å². The molecule has 1 N–H and O–H groups in total. The van der Waals surface area contributed by atoms with Crippen molar-refractivity contribution >= 4 is 11.6 Å². The van der Waals surface area contributed by atoms with E-state index in [4.69, 9.17) is 14.2 Å². The molecule has 31 heavy (non-hydrogen) atoms. The maximum atomic E-state index is 12.5. The smallest absolute Gasteiger partial charge is 0.254 e. The molecule has 3 rings (SSSR count). The Labute approximate surface area is 180 Å². The Morgan fingerprint density at radius 2 is 1.61 bits per heavy atom. The van der Waals surface area contributed by atoms with Gasteiger partial charge in [0, 0.05) is 17.4 Å². The van der Waals surface area contributed by atoms with Crippen LogP contribution < -0.4 is 25.1 Å². The van der Waals surface area contributed by atoms with E-state index in [1.807, 2.05) is 6.92 Å². The van der Waals surface area contributed by atoms with Gasteiger partial charge in [0.05, 0.1) is 13.7 Å². The summed E-state index contributed by atoms with van der Waals surface area (Å²) in [5.74, 6) is 2.05. The molecule has 2 aromatic carbocycles. The third-order valence-electron chi connectivity index (χ3n) is 4.39. The standard InChI is InChI=1S/C23H25N3O5/c1-4-30-19-7-5-17(6-8-19)25-22(27)14-26-21(24-16(2)13-23(26)28)15-31-20-11-9-18(29-3)10-12-20/h5-13H,4,14-15H2,1-3H3,(H,25,27).